The minimum absolute atomic E-state index is 0.107. The van der Waals surface area contributed by atoms with Crippen molar-refractivity contribution in [2.24, 2.45) is 5.84 Å². The summed E-state index contributed by atoms with van der Waals surface area (Å²) >= 11 is 6.00. The number of nitrogen functional groups attached to an aromatic ring is 1. The van der Waals surface area contributed by atoms with Crippen molar-refractivity contribution in [1.82, 2.24) is 5.43 Å². The maximum atomic E-state index is 11.4. The second-order valence-corrected chi connectivity index (χ2v) is 4.67. The number of amides is 1. The molecule has 21 heavy (non-hydrogen) atoms. The van der Waals surface area contributed by atoms with E-state index in [-0.39, 0.29) is 12.4 Å². The van der Waals surface area contributed by atoms with Crippen molar-refractivity contribution >= 4 is 23.8 Å². The molecule has 1 aromatic heterocycles. The Morgan fingerprint density at radius 3 is 2.86 bits per heavy atom. The molecule has 0 aliphatic heterocycles. The molecule has 1 amide bonds. The zero-order valence-corrected chi connectivity index (χ0v) is 11.9. The summed E-state index contributed by atoms with van der Waals surface area (Å²) in [6.07, 6.45) is 0.702. The maximum absolute atomic E-state index is 11.4. The first-order valence-electron chi connectivity index (χ1n) is 6.03. The Hall–Kier alpha value is -2.31. The quantitative estimate of drug-likeness (QED) is 0.382. The summed E-state index contributed by atoms with van der Waals surface area (Å²) in [5.74, 6) is 5.62. The van der Waals surface area contributed by atoms with Crippen molar-refractivity contribution in [3.8, 4) is 5.75 Å². The highest BCUT2D eigenvalue weighted by atomic mass is 35.5. The normalized spacial score (nSPS) is 10.2. The maximum Gasteiger partial charge on any atom is 0.300 e. The van der Waals surface area contributed by atoms with E-state index in [0.717, 1.165) is 0 Å². The van der Waals surface area contributed by atoms with Gasteiger partial charge in [-0.15, -0.1) is 0 Å². The average Bonchev–Trinajstić information content (AvgIpc) is 2.86. The number of benzene rings is 1. The van der Waals surface area contributed by atoms with Gasteiger partial charge in [0, 0.05) is 11.1 Å². The molecule has 3 N–H and O–H groups in total. The molecule has 0 unspecified atom stereocenters. The zero-order valence-electron chi connectivity index (χ0n) is 11.2. The molecule has 110 valence electrons. The fourth-order valence-electron chi connectivity index (χ4n) is 1.71. The second kappa shape index (κ2) is 6.43. The first-order chi connectivity index (χ1) is 10.0. The summed E-state index contributed by atoms with van der Waals surface area (Å²) in [7, 11) is 0. The topological polar surface area (TPSA) is 94.6 Å². The van der Waals surface area contributed by atoms with Gasteiger partial charge in [-0.05, 0) is 31.2 Å². The van der Waals surface area contributed by atoms with Gasteiger partial charge in [-0.1, -0.05) is 11.6 Å². The van der Waals surface area contributed by atoms with Gasteiger partial charge in [0.05, 0.1) is 5.02 Å². The van der Waals surface area contributed by atoms with Crippen LogP contribution in [0, 0.1) is 6.92 Å². The highest BCUT2D eigenvalue weighted by Crippen LogP contribution is 2.26. The van der Waals surface area contributed by atoms with Crippen molar-refractivity contribution < 1.29 is 18.7 Å². The number of carbonyl (C=O) groups is 2. The van der Waals surface area contributed by atoms with Gasteiger partial charge in [0.25, 0.3) is 0 Å². The van der Waals surface area contributed by atoms with Gasteiger partial charge in [0.2, 0.25) is 0 Å². The van der Waals surface area contributed by atoms with Gasteiger partial charge in [0.1, 0.15) is 24.4 Å². The summed E-state index contributed by atoms with van der Waals surface area (Å²) in [5.41, 5.74) is 3.15. The number of carbonyl (C=O) groups excluding carboxylic acids is 2. The van der Waals surface area contributed by atoms with E-state index >= 15 is 0 Å². The van der Waals surface area contributed by atoms with Crippen molar-refractivity contribution in [2.75, 3.05) is 0 Å². The largest absolute Gasteiger partial charge is 0.487 e. The minimum Gasteiger partial charge on any atom is -0.487 e. The van der Waals surface area contributed by atoms with Gasteiger partial charge in [0.15, 0.2) is 5.76 Å². The second-order valence-electron chi connectivity index (χ2n) is 4.26. The molecular weight excluding hydrogens is 296 g/mol. The first-order valence-corrected chi connectivity index (χ1v) is 6.40. The van der Waals surface area contributed by atoms with Crippen molar-refractivity contribution in [2.45, 2.75) is 13.5 Å². The summed E-state index contributed by atoms with van der Waals surface area (Å²) < 4.78 is 10.8. The van der Waals surface area contributed by atoms with E-state index in [9.17, 15) is 9.59 Å². The molecule has 0 aliphatic carbocycles. The van der Waals surface area contributed by atoms with E-state index in [1.807, 2.05) is 5.43 Å². The molecule has 0 atom stereocenters. The molecule has 1 heterocycles. The number of ether oxygens (including phenoxy) is 1. The summed E-state index contributed by atoms with van der Waals surface area (Å²) in [4.78, 5) is 22.0. The van der Waals surface area contributed by atoms with Crippen LogP contribution >= 0.6 is 11.6 Å². The van der Waals surface area contributed by atoms with Gasteiger partial charge in [-0.3, -0.25) is 15.0 Å². The van der Waals surface area contributed by atoms with Crippen LogP contribution in [0.2, 0.25) is 5.02 Å². The number of aldehydes is 1. The third-order valence-electron chi connectivity index (χ3n) is 2.85. The van der Waals surface area contributed by atoms with Gasteiger partial charge < -0.3 is 9.15 Å². The number of furan rings is 1. The molecule has 1 aromatic carbocycles. The molecule has 0 aliphatic rings. The van der Waals surface area contributed by atoms with E-state index in [1.165, 1.54) is 6.07 Å². The molecule has 2 rings (SSSR count). The van der Waals surface area contributed by atoms with Crippen molar-refractivity contribution in [1.29, 1.82) is 0 Å². The molecule has 0 radical (unpaired) electrons. The molecule has 2 aromatic rings. The molecule has 0 saturated carbocycles. The Kier molecular flexibility index (Phi) is 4.62. The van der Waals surface area contributed by atoms with Gasteiger partial charge in [-0.2, -0.15) is 0 Å². The van der Waals surface area contributed by atoms with Crippen LogP contribution in [0.15, 0.2) is 28.7 Å². The summed E-state index contributed by atoms with van der Waals surface area (Å²) in [5, 5.41) is 0.334. The summed E-state index contributed by atoms with van der Waals surface area (Å²) in [6, 6.07) is 6.27. The SMILES string of the molecule is Cc1oc(C(=O)NN)cc1COc1ccc(C=O)cc1Cl. The standard InChI is InChI=1S/C14H13ClN2O4/c1-8-10(5-13(21-8)14(19)17-16)7-20-12-3-2-9(6-18)4-11(12)15/h2-6H,7,16H2,1H3,(H,17,19). The molecule has 0 saturated heterocycles. The van der Waals surface area contributed by atoms with Gasteiger partial charge in [-0.25, -0.2) is 5.84 Å². The number of halogens is 1. The van der Waals surface area contributed by atoms with Crippen molar-refractivity contribution in [3.05, 3.63) is 51.9 Å². The number of hydrogen-bond acceptors (Lipinski definition) is 5. The molecule has 0 spiro atoms. The van der Waals surface area contributed by atoms with Crippen molar-refractivity contribution in [3.63, 3.8) is 0 Å². The number of nitrogens with one attached hydrogen (secondary N) is 1. The van der Waals surface area contributed by atoms with Crippen LogP contribution in [-0.2, 0) is 6.61 Å². The van der Waals surface area contributed by atoms with E-state index in [1.54, 1.807) is 25.1 Å². The highest BCUT2D eigenvalue weighted by Gasteiger charge is 2.14. The van der Waals surface area contributed by atoms with E-state index in [4.69, 9.17) is 26.6 Å². The Bertz CT molecular complexity index is 682. The highest BCUT2D eigenvalue weighted by molar-refractivity contribution is 6.32. The summed E-state index contributed by atoms with van der Waals surface area (Å²) in [6.45, 7) is 1.89. The third-order valence-corrected chi connectivity index (χ3v) is 3.15. The van der Waals surface area contributed by atoms with Crippen LogP contribution in [0.4, 0.5) is 0 Å². The molecule has 0 fully saturated rings. The van der Waals surface area contributed by atoms with E-state index < -0.39 is 5.91 Å². The Morgan fingerprint density at radius 1 is 1.48 bits per heavy atom. The number of aryl methyl sites for hydroxylation is 1. The lowest BCUT2D eigenvalue weighted by Gasteiger charge is -2.07. The smallest absolute Gasteiger partial charge is 0.300 e. The zero-order chi connectivity index (χ0) is 15.4. The Balaban J connectivity index is 2.11. The van der Waals surface area contributed by atoms with Crippen LogP contribution in [-0.4, -0.2) is 12.2 Å². The number of nitrogens with two attached hydrogens (primary N) is 1. The van der Waals surface area contributed by atoms with Gasteiger partial charge >= 0.3 is 5.91 Å². The predicted molar refractivity (Wildman–Crippen MR) is 76.3 cm³/mol. The van der Waals surface area contributed by atoms with E-state index in [2.05, 4.69) is 0 Å². The number of hydrogen-bond donors (Lipinski definition) is 2. The average molecular weight is 309 g/mol. The minimum atomic E-state index is -0.516. The Labute approximate surface area is 125 Å². The fourth-order valence-corrected chi connectivity index (χ4v) is 1.95. The van der Waals surface area contributed by atoms with Crippen LogP contribution in [0.25, 0.3) is 0 Å². The fraction of sp³-hybridized carbons (Fsp3) is 0.143. The molecule has 6 nitrogen and oxygen atoms in total. The lowest BCUT2D eigenvalue weighted by Crippen LogP contribution is -2.29. The van der Waals surface area contributed by atoms with Crippen LogP contribution < -0.4 is 16.0 Å². The lowest BCUT2D eigenvalue weighted by atomic mass is 10.2. The monoisotopic (exact) mass is 308 g/mol. The molecule has 0 bridgehead atoms. The first kappa shape index (κ1) is 15.1. The van der Waals surface area contributed by atoms with Crippen LogP contribution in [0.5, 0.6) is 5.75 Å². The molecule has 7 heteroatoms. The molecular formula is C14H13ClN2O4. The third kappa shape index (κ3) is 3.42. The van der Waals surface area contributed by atoms with E-state index in [0.29, 0.717) is 33.9 Å². The van der Waals surface area contributed by atoms with Crippen LogP contribution in [0.3, 0.4) is 0 Å². The lowest BCUT2D eigenvalue weighted by molar-refractivity contribution is 0.0924. The Morgan fingerprint density at radius 2 is 2.24 bits per heavy atom. The number of hydrazine groups is 1. The number of rotatable bonds is 5. The predicted octanol–water partition coefficient (Wildman–Crippen LogP) is 2.24. The van der Waals surface area contributed by atoms with Crippen LogP contribution in [0.1, 0.15) is 32.2 Å².